The van der Waals surface area contributed by atoms with Gasteiger partial charge in [-0.3, -0.25) is 0 Å². The molecule has 0 aliphatic carbocycles. The third kappa shape index (κ3) is 37.9. The minimum Gasteiger partial charge on any atom is -0.374 e. The summed E-state index contributed by atoms with van der Waals surface area (Å²) in [6.07, 6.45) is 51.5. The molecule has 0 aromatic heterocycles. The zero-order chi connectivity index (χ0) is 35.6. The van der Waals surface area contributed by atoms with E-state index in [2.05, 4.69) is 0 Å². The Morgan fingerprint density at radius 3 is 0.592 bits per heavy atom. The van der Waals surface area contributed by atoms with Gasteiger partial charge in [0.05, 0.1) is 0 Å². The molecule has 0 rings (SSSR count). The van der Waals surface area contributed by atoms with Crippen LogP contribution < -0.4 is 0 Å². The lowest BCUT2D eigenvalue weighted by atomic mass is 10.0. The Morgan fingerprint density at radius 1 is 0.265 bits per heavy atom. The predicted octanol–water partition coefficient (Wildman–Crippen LogP) is 16.3. The zero-order valence-electron chi connectivity index (χ0n) is 34.1. The van der Waals surface area contributed by atoms with Crippen LogP contribution in [0.3, 0.4) is 0 Å². The van der Waals surface area contributed by atoms with Crippen molar-refractivity contribution in [2.24, 2.45) is 0 Å². The van der Waals surface area contributed by atoms with Crippen LogP contribution in [0.25, 0.3) is 0 Å². The van der Waals surface area contributed by atoms with Crippen molar-refractivity contribution in [3.05, 3.63) is 0 Å². The number of hydrogen-bond acceptors (Lipinski definition) is 3. The molecule has 3 nitrogen and oxygen atoms in total. The van der Waals surface area contributed by atoms with E-state index in [1.807, 2.05) is 20.8 Å². The first-order valence-corrected chi connectivity index (χ1v) is 25.2. The highest BCUT2D eigenvalue weighted by molar-refractivity contribution is 6.60. The van der Waals surface area contributed by atoms with Crippen molar-refractivity contribution in [3.8, 4) is 0 Å². The van der Waals surface area contributed by atoms with E-state index in [1.54, 1.807) is 0 Å². The highest BCUT2D eigenvalue weighted by Crippen LogP contribution is 2.21. The van der Waals surface area contributed by atoms with Crippen molar-refractivity contribution in [3.63, 3.8) is 0 Å². The smallest absolute Gasteiger partial charge is 0.374 e. The summed E-state index contributed by atoms with van der Waals surface area (Å²) >= 11 is 5.74. The molecule has 0 fully saturated rings. The van der Waals surface area contributed by atoms with E-state index in [1.165, 1.54) is 231 Å². The van der Waals surface area contributed by atoms with Gasteiger partial charge in [0.25, 0.3) is 0 Å². The maximum Gasteiger partial charge on any atom is 0.500 e. The summed E-state index contributed by atoms with van der Waals surface area (Å²) in [5, 5.41) is 0. The van der Waals surface area contributed by atoms with Crippen LogP contribution in [-0.4, -0.2) is 34.5 Å². The molecule has 49 heavy (non-hydrogen) atoms. The second-order valence-corrected chi connectivity index (χ2v) is 18.3. The second-order valence-electron chi connectivity index (χ2n) is 15.1. The molecule has 0 saturated carbocycles. The van der Waals surface area contributed by atoms with Gasteiger partial charge in [-0.25, -0.2) is 0 Å². The van der Waals surface area contributed by atoms with Crippen LogP contribution in [0, 0.1) is 0 Å². The summed E-state index contributed by atoms with van der Waals surface area (Å²) in [5.74, 6) is 0.843. The Morgan fingerprint density at radius 2 is 0.429 bits per heavy atom. The second kappa shape index (κ2) is 42.8. The van der Waals surface area contributed by atoms with Gasteiger partial charge >= 0.3 is 8.80 Å². The summed E-state index contributed by atoms with van der Waals surface area (Å²) in [7, 11) is -2.42. The van der Waals surface area contributed by atoms with E-state index in [9.17, 15) is 0 Å². The van der Waals surface area contributed by atoms with Gasteiger partial charge < -0.3 is 13.3 Å². The quantitative estimate of drug-likeness (QED) is 0.0355. The molecule has 0 heterocycles. The fourth-order valence-electron chi connectivity index (χ4n) is 7.45. The van der Waals surface area contributed by atoms with E-state index < -0.39 is 8.80 Å². The van der Waals surface area contributed by atoms with Crippen molar-refractivity contribution in [2.45, 2.75) is 258 Å². The Balaban J connectivity index is 3.20. The first-order valence-electron chi connectivity index (χ1n) is 22.7. The van der Waals surface area contributed by atoms with Gasteiger partial charge in [0, 0.05) is 31.7 Å². The van der Waals surface area contributed by atoms with E-state index in [-0.39, 0.29) is 0 Å². The third-order valence-electron chi connectivity index (χ3n) is 10.5. The fraction of sp³-hybridized carbons (Fsp3) is 1.00. The molecule has 0 bridgehead atoms. The summed E-state index contributed by atoms with van der Waals surface area (Å²) in [5.41, 5.74) is 0. The van der Waals surface area contributed by atoms with Crippen molar-refractivity contribution >= 4 is 20.4 Å². The Hall–Kier alpha value is 0.387. The third-order valence-corrected chi connectivity index (χ3v) is 13.9. The number of halogens is 1. The molecule has 0 amide bonds. The zero-order valence-corrected chi connectivity index (χ0v) is 35.9. The van der Waals surface area contributed by atoms with Crippen LogP contribution in [0.15, 0.2) is 0 Å². The highest BCUT2D eigenvalue weighted by atomic mass is 35.5. The first-order chi connectivity index (χ1) is 24.2. The average molecular weight is 732 g/mol. The molecule has 0 unspecified atom stereocenters. The summed E-state index contributed by atoms with van der Waals surface area (Å²) in [4.78, 5) is 0. The molecule has 0 atom stereocenters. The monoisotopic (exact) mass is 731 g/mol. The van der Waals surface area contributed by atoms with E-state index >= 15 is 0 Å². The van der Waals surface area contributed by atoms with Gasteiger partial charge in [-0.1, -0.05) is 218 Å². The van der Waals surface area contributed by atoms with Gasteiger partial charge in [0.15, 0.2) is 0 Å². The lowest BCUT2D eigenvalue weighted by Crippen LogP contribution is -2.45. The van der Waals surface area contributed by atoms with E-state index in [0.717, 1.165) is 11.9 Å². The standard InChI is InChI=1S/C44H91ClO3Si/c1-4-46-49(47-5-2,48-6-3)44-42-40-38-36-34-32-30-28-26-24-22-20-18-16-14-12-10-8-7-9-11-13-15-17-19-21-23-25-27-29-31-33-35-37-39-41-43-45/h4-44H2,1-3H3. The first kappa shape index (κ1) is 49.4. The largest absolute Gasteiger partial charge is 0.500 e. The number of unbranched alkanes of at least 4 members (excludes halogenated alkanes) is 35. The molecule has 0 aromatic carbocycles. The van der Waals surface area contributed by atoms with Gasteiger partial charge in [0.1, 0.15) is 0 Å². The molecule has 0 aliphatic heterocycles. The molecular formula is C44H91ClO3Si. The SMILES string of the molecule is CCO[Si](CCCCCCCCCCCCCCCCCCCCCCCCCCCCCCCCCCCCCCCl)(OCC)OCC. The summed E-state index contributed by atoms with van der Waals surface area (Å²) < 4.78 is 17.9. The van der Waals surface area contributed by atoms with Crippen molar-refractivity contribution in [1.82, 2.24) is 0 Å². The van der Waals surface area contributed by atoms with Crippen LogP contribution in [0.5, 0.6) is 0 Å². The van der Waals surface area contributed by atoms with E-state index in [0.29, 0.717) is 19.8 Å². The van der Waals surface area contributed by atoms with Gasteiger partial charge in [0.2, 0.25) is 0 Å². The van der Waals surface area contributed by atoms with Gasteiger partial charge in [-0.2, -0.15) is 0 Å². The number of hydrogen-bond donors (Lipinski definition) is 0. The van der Waals surface area contributed by atoms with Crippen LogP contribution in [0.2, 0.25) is 6.04 Å². The molecule has 0 radical (unpaired) electrons. The molecule has 0 N–H and O–H groups in total. The van der Waals surface area contributed by atoms with Crippen LogP contribution in [-0.2, 0) is 13.3 Å². The van der Waals surface area contributed by atoms with Crippen molar-refractivity contribution in [2.75, 3.05) is 25.7 Å². The molecule has 0 aliphatic rings. The Bertz CT molecular complexity index is 576. The van der Waals surface area contributed by atoms with Crippen LogP contribution >= 0.6 is 11.6 Å². The lowest BCUT2D eigenvalue weighted by Gasteiger charge is -2.28. The molecule has 296 valence electrons. The summed E-state index contributed by atoms with van der Waals surface area (Å²) in [6.45, 7) is 8.19. The Labute approximate surface area is 316 Å². The van der Waals surface area contributed by atoms with Crippen molar-refractivity contribution in [1.29, 1.82) is 0 Å². The molecule has 5 heteroatoms. The minimum absolute atomic E-state index is 0.685. The number of alkyl halides is 1. The van der Waals surface area contributed by atoms with Crippen molar-refractivity contribution < 1.29 is 13.3 Å². The van der Waals surface area contributed by atoms with Gasteiger partial charge in [-0.05, 0) is 33.6 Å². The Kier molecular flexibility index (Phi) is 43.1. The predicted molar refractivity (Wildman–Crippen MR) is 222 cm³/mol. The van der Waals surface area contributed by atoms with Crippen LogP contribution in [0.4, 0.5) is 0 Å². The maximum atomic E-state index is 5.98. The minimum atomic E-state index is -2.42. The molecular weight excluding hydrogens is 640 g/mol. The lowest BCUT2D eigenvalue weighted by molar-refractivity contribution is 0.0706. The molecule has 0 saturated heterocycles. The van der Waals surface area contributed by atoms with E-state index in [4.69, 9.17) is 24.9 Å². The summed E-state index contributed by atoms with van der Waals surface area (Å²) in [6, 6.07) is 0.973. The van der Waals surface area contributed by atoms with Crippen LogP contribution in [0.1, 0.15) is 252 Å². The number of rotatable bonds is 44. The normalized spacial score (nSPS) is 12.0. The average Bonchev–Trinajstić information content (AvgIpc) is 3.10. The van der Waals surface area contributed by atoms with Gasteiger partial charge in [-0.15, -0.1) is 11.6 Å². The topological polar surface area (TPSA) is 27.7 Å². The fourth-order valence-corrected chi connectivity index (χ4v) is 10.3. The maximum absolute atomic E-state index is 5.98. The molecule has 0 spiro atoms. The highest BCUT2D eigenvalue weighted by Gasteiger charge is 2.39. The molecule has 0 aromatic rings.